The number of rotatable bonds is 7. The van der Waals surface area contributed by atoms with Crippen LogP contribution in [0.25, 0.3) is 16.6 Å². The lowest BCUT2D eigenvalue weighted by Crippen LogP contribution is -2.21. The monoisotopic (exact) mass is 492 g/mol. The van der Waals surface area contributed by atoms with Gasteiger partial charge >= 0.3 is 0 Å². The molecule has 2 aromatic heterocycles. The van der Waals surface area contributed by atoms with Gasteiger partial charge in [0.15, 0.2) is 11.5 Å². The summed E-state index contributed by atoms with van der Waals surface area (Å²) in [7, 11) is 1.48. The van der Waals surface area contributed by atoms with E-state index in [1.165, 1.54) is 31.7 Å². The van der Waals surface area contributed by atoms with Crippen molar-refractivity contribution in [1.82, 2.24) is 15.0 Å². The molecule has 0 aliphatic rings. The van der Waals surface area contributed by atoms with Crippen molar-refractivity contribution < 1.29 is 19.4 Å². The highest BCUT2D eigenvalue weighted by Crippen LogP contribution is 2.28. The lowest BCUT2D eigenvalue weighted by Gasteiger charge is -2.13. The van der Waals surface area contributed by atoms with Crippen LogP contribution < -0.4 is 20.5 Å². The molecule has 0 spiro atoms. The number of benzene rings is 2. The van der Waals surface area contributed by atoms with Gasteiger partial charge in [-0.1, -0.05) is 29.8 Å². The van der Waals surface area contributed by atoms with Crippen LogP contribution in [0, 0.1) is 0 Å². The van der Waals surface area contributed by atoms with Crippen LogP contribution in [0.3, 0.4) is 0 Å². The standard InChI is InChI=1S/C25H21ClN4O5/c1-3-35-20-10-8-15(12-21(20)34-2)23(31)29-28-14-19-17-6-4-5-7-18(17)24(32)30(25(19)33)22-11-9-16(26)13-27-22/h4-14,33H,3H2,1-2H3,(H,29,31). The molecule has 0 saturated carbocycles. The molecule has 4 rings (SSSR count). The number of nitrogens with zero attached hydrogens (tertiary/aromatic N) is 3. The fourth-order valence-corrected chi connectivity index (χ4v) is 3.62. The number of carbonyl (C=O) groups excluding carboxylic acids is 1. The molecule has 35 heavy (non-hydrogen) atoms. The maximum Gasteiger partial charge on any atom is 0.271 e. The zero-order valence-electron chi connectivity index (χ0n) is 18.9. The van der Waals surface area contributed by atoms with E-state index in [2.05, 4.69) is 15.5 Å². The number of amides is 1. The highest BCUT2D eigenvalue weighted by molar-refractivity contribution is 6.30. The van der Waals surface area contributed by atoms with E-state index in [9.17, 15) is 14.7 Å². The van der Waals surface area contributed by atoms with Crippen LogP contribution in [0.5, 0.6) is 17.4 Å². The third kappa shape index (κ3) is 4.80. The van der Waals surface area contributed by atoms with Crippen LogP contribution in [-0.2, 0) is 0 Å². The minimum absolute atomic E-state index is 0.183. The van der Waals surface area contributed by atoms with Gasteiger partial charge in [-0.2, -0.15) is 5.10 Å². The maximum atomic E-state index is 13.1. The second-order valence-corrected chi connectivity index (χ2v) is 7.69. The molecule has 2 heterocycles. The van der Waals surface area contributed by atoms with Gasteiger partial charge in [0.05, 0.1) is 30.5 Å². The molecule has 2 N–H and O–H groups in total. The Kier molecular flexibility index (Phi) is 6.98. The molecule has 178 valence electrons. The van der Waals surface area contributed by atoms with E-state index >= 15 is 0 Å². The van der Waals surface area contributed by atoms with Crippen molar-refractivity contribution in [3.05, 3.63) is 87.3 Å². The molecule has 1 amide bonds. The fourth-order valence-electron chi connectivity index (χ4n) is 3.51. The van der Waals surface area contributed by atoms with E-state index in [0.29, 0.717) is 39.5 Å². The molecule has 4 aromatic rings. The Hall–Kier alpha value is -4.37. The van der Waals surface area contributed by atoms with Gasteiger partial charge in [0.1, 0.15) is 5.82 Å². The van der Waals surface area contributed by atoms with Crippen molar-refractivity contribution in [3.8, 4) is 23.2 Å². The van der Waals surface area contributed by atoms with Crippen molar-refractivity contribution in [2.24, 2.45) is 5.10 Å². The van der Waals surface area contributed by atoms with Gasteiger partial charge in [-0.05, 0) is 43.3 Å². The van der Waals surface area contributed by atoms with E-state index in [1.807, 2.05) is 6.92 Å². The molecule has 0 aliphatic heterocycles. The summed E-state index contributed by atoms with van der Waals surface area (Å²) in [5.41, 5.74) is 2.49. The quantitative estimate of drug-likeness (QED) is 0.298. The Morgan fingerprint density at radius 1 is 1.17 bits per heavy atom. The Bertz CT molecular complexity index is 1480. The first kappa shape index (κ1) is 23.8. The van der Waals surface area contributed by atoms with Gasteiger partial charge < -0.3 is 14.6 Å². The summed E-state index contributed by atoms with van der Waals surface area (Å²) in [6.07, 6.45) is 2.64. The molecule has 2 aromatic carbocycles. The summed E-state index contributed by atoms with van der Waals surface area (Å²) >= 11 is 5.91. The predicted octanol–water partition coefficient (Wildman–Crippen LogP) is 3.92. The summed E-state index contributed by atoms with van der Waals surface area (Å²) in [6.45, 7) is 2.30. The second kappa shape index (κ2) is 10.3. The lowest BCUT2D eigenvalue weighted by atomic mass is 10.1. The summed E-state index contributed by atoms with van der Waals surface area (Å²) in [4.78, 5) is 29.9. The number of carbonyl (C=O) groups is 1. The van der Waals surface area contributed by atoms with Crippen LogP contribution in [0.4, 0.5) is 0 Å². The molecule has 0 atom stereocenters. The molecular weight excluding hydrogens is 472 g/mol. The summed E-state index contributed by atoms with van der Waals surface area (Å²) in [6, 6.07) is 14.6. The zero-order chi connectivity index (χ0) is 24.9. The summed E-state index contributed by atoms with van der Waals surface area (Å²) in [5.74, 6) is 0.227. The second-order valence-electron chi connectivity index (χ2n) is 7.26. The van der Waals surface area contributed by atoms with Gasteiger partial charge in [-0.3, -0.25) is 9.59 Å². The molecule has 10 heteroatoms. The van der Waals surface area contributed by atoms with E-state index < -0.39 is 11.5 Å². The van der Waals surface area contributed by atoms with Crippen LogP contribution >= 0.6 is 11.6 Å². The van der Waals surface area contributed by atoms with Crippen molar-refractivity contribution in [3.63, 3.8) is 0 Å². The average Bonchev–Trinajstić information content (AvgIpc) is 2.87. The third-order valence-corrected chi connectivity index (χ3v) is 5.35. The molecule has 9 nitrogen and oxygen atoms in total. The summed E-state index contributed by atoms with van der Waals surface area (Å²) < 4.78 is 11.8. The number of ether oxygens (including phenoxy) is 2. The van der Waals surface area contributed by atoms with Crippen molar-refractivity contribution >= 4 is 34.5 Å². The largest absolute Gasteiger partial charge is 0.494 e. The molecule has 0 fully saturated rings. The van der Waals surface area contributed by atoms with Gasteiger partial charge in [-0.25, -0.2) is 15.0 Å². The number of halogens is 1. The topological polar surface area (TPSA) is 115 Å². The maximum absolute atomic E-state index is 13.1. The Labute approximate surface area is 205 Å². The molecule has 0 aliphatic carbocycles. The Morgan fingerprint density at radius 2 is 1.94 bits per heavy atom. The van der Waals surface area contributed by atoms with Crippen LogP contribution in [0.1, 0.15) is 22.8 Å². The molecule has 0 unspecified atom stereocenters. The van der Waals surface area contributed by atoms with Crippen LogP contribution in [-0.4, -0.2) is 40.5 Å². The first-order valence-corrected chi connectivity index (χ1v) is 10.9. The SMILES string of the molecule is CCOc1ccc(C(=O)NN=Cc2c(O)n(-c3ccc(Cl)cn3)c(=O)c3ccccc23)cc1OC. The number of aromatic nitrogens is 2. The number of hydrogen-bond donors (Lipinski definition) is 2. The molecular formula is C25H21ClN4O5. The normalized spacial score (nSPS) is 11.1. The van der Waals surface area contributed by atoms with Gasteiger partial charge in [0, 0.05) is 22.5 Å². The van der Waals surface area contributed by atoms with Crippen LogP contribution in [0.15, 0.2) is 70.7 Å². The van der Waals surface area contributed by atoms with Crippen molar-refractivity contribution in [2.45, 2.75) is 6.92 Å². The number of aromatic hydroxyl groups is 1. The fraction of sp³-hybridized carbons (Fsp3) is 0.120. The van der Waals surface area contributed by atoms with E-state index in [0.717, 1.165) is 4.57 Å². The molecule has 0 radical (unpaired) electrons. The predicted molar refractivity (Wildman–Crippen MR) is 133 cm³/mol. The van der Waals surface area contributed by atoms with E-state index in [1.54, 1.807) is 42.5 Å². The minimum atomic E-state index is -0.501. The first-order valence-electron chi connectivity index (χ1n) is 10.6. The zero-order valence-corrected chi connectivity index (χ0v) is 19.6. The first-order chi connectivity index (χ1) is 16.9. The number of hydrazone groups is 1. The molecule has 0 saturated heterocycles. The van der Waals surface area contributed by atoms with E-state index in [4.69, 9.17) is 21.1 Å². The minimum Gasteiger partial charge on any atom is -0.494 e. The van der Waals surface area contributed by atoms with E-state index in [-0.39, 0.29) is 17.3 Å². The smallest absolute Gasteiger partial charge is 0.271 e. The number of nitrogens with one attached hydrogen (secondary N) is 1. The lowest BCUT2D eigenvalue weighted by molar-refractivity contribution is 0.0954. The Morgan fingerprint density at radius 3 is 2.63 bits per heavy atom. The molecule has 0 bridgehead atoms. The highest BCUT2D eigenvalue weighted by Gasteiger charge is 2.17. The van der Waals surface area contributed by atoms with Gasteiger partial charge in [0.25, 0.3) is 11.5 Å². The highest BCUT2D eigenvalue weighted by atomic mass is 35.5. The van der Waals surface area contributed by atoms with Gasteiger partial charge in [-0.15, -0.1) is 0 Å². The Balaban J connectivity index is 1.70. The van der Waals surface area contributed by atoms with Crippen molar-refractivity contribution in [2.75, 3.05) is 13.7 Å². The number of pyridine rings is 2. The number of fused-ring (bicyclic) bond motifs is 1. The van der Waals surface area contributed by atoms with Crippen LogP contribution in [0.2, 0.25) is 5.02 Å². The van der Waals surface area contributed by atoms with Crippen molar-refractivity contribution in [1.29, 1.82) is 0 Å². The summed E-state index contributed by atoms with van der Waals surface area (Å²) in [5, 5.41) is 16.2. The number of methoxy groups -OCH3 is 1. The average molecular weight is 493 g/mol. The number of hydrogen-bond acceptors (Lipinski definition) is 7. The van der Waals surface area contributed by atoms with Gasteiger partial charge in [0.2, 0.25) is 5.88 Å². The third-order valence-electron chi connectivity index (χ3n) is 5.13.